The summed E-state index contributed by atoms with van der Waals surface area (Å²) in [6.45, 7) is 2.79. The van der Waals surface area contributed by atoms with Crippen molar-refractivity contribution in [2.45, 2.75) is 26.0 Å². The van der Waals surface area contributed by atoms with Crippen molar-refractivity contribution in [2.24, 2.45) is 0 Å². The minimum Gasteiger partial charge on any atom is -0.490 e. The van der Waals surface area contributed by atoms with Gasteiger partial charge in [0.05, 0.1) is 17.6 Å². The van der Waals surface area contributed by atoms with E-state index in [0.29, 0.717) is 6.54 Å². The van der Waals surface area contributed by atoms with Crippen LogP contribution in [-0.4, -0.2) is 27.4 Å². The van der Waals surface area contributed by atoms with Gasteiger partial charge in [-0.2, -0.15) is 0 Å². The standard InChI is InChI=1S/C22H22N2O2/c1-2-22-23-19-11-5-6-12-20(19)24(22)14-17(25)15-26-21-13-7-9-16-8-3-4-10-18(16)21/h3-13,17,25H,2,14-15H2,1H3. The number of nitrogens with zero attached hydrogens (tertiary/aromatic N) is 2. The second-order valence-electron chi connectivity index (χ2n) is 6.42. The molecule has 0 bridgehead atoms. The second kappa shape index (κ2) is 7.18. The Morgan fingerprint density at radius 3 is 2.65 bits per heavy atom. The zero-order chi connectivity index (χ0) is 17.9. The summed E-state index contributed by atoms with van der Waals surface area (Å²) in [5.41, 5.74) is 2.01. The average Bonchev–Trinajstić information content (AvgIpc) is 3.04. The van der Waals surface area contributed by atoms with Gasteiger partial charge in [-0.25, -0.2) is 4.98 Å². The van der Waals surface area contributed by atoms with E-state index in [9.17, 15) is 5.11 Å². The summed E-state index contributed by atoms with van der Waals surface area (Å²) in [6, 6.07) is 22.1. The summed E-state index contributed by atoms with van der Waals surface area (Å²) in [4.78, 5) is 4.65. The largest absolute Gasteiger partial charge is 0.490 e. The quantitative estimate of drug-likeness (QED) is 0.569. The molecule has 0 saturated heterocycles. The van der Waals surface area contributed by atoms with Gasteiger partial charge in [0.1, 0.15) is 24.3 Å². The van der Waals surface area contributed by atoms with Crippen LogP contribution in [0.2, 0.25) is 0 Å². The summed E-state index contributed by atoms with van der Waals surface area (Å²) in [5, 5.41) is 12.8. The monoisotopic (exact) mass is 346 g/mol. The van der Waals surface area contributed by atoms with Crippen LogP contribution in [0.5, 0.6) is 5.75 Å². The molecule has 1 aromatic heterocycles. The summed E-state index contributed by atoms with van der Waals surface area (Å²) < 4.78 is 8.02. The number of aromatic nitrogens is 2. The van der Waals surface area contributed by atoms with Crippen LogP contribution < -0.4 is 4.74 Å². The van der Waals surface area contributed by atoms with E-state index >= 15 is 0 Å². The molecular weight excluding hydrogens is 324 g/mol. The lowest BCUT2D eigenvalue weighted by Gasteiger charge is -2.16. The zero-order valence-corrected chi connectivity index (χ0v) is 14.8. The maximum Gasteiger partial charge on any atom is 0.127 e. The molecule has 1 heterocycles. The van der Waals surface area contributed by atoms with Crippen molar-refractivity contribution in [2.75, 3.05) is 6.61 Å². The van der Waals surface area contributed by atoms with Gasteiger partial charge in [0.2, 0.25) is 0 Å². The van der Waals surface area contributed by atoms with Crippen LogP contribution in [0.25, 0.3) is 21.8 Å². The number of rotatable bonds is 6. The summed E-state index contributed by atoms with van der Waals surface area (Å²) in [5.74, 6) is 1.78. The van der Waals surface area contributed by atoms with E-state index in [0.717, 1.165) is 39.8 Å². The number of aryl methyl sites for hydroxylation is 1. The van der Waals surface area contributed by atoms with Crippen LogP contribution in [0.4, 0.5) is 0 Å². The maximum atomic E-state index is 10.6. The molecule has 1 N–H and O–H groups in total. The van der Waals surface area contributed by atoms with Gasteiger partial charge in [-0.3, -0.25) is 0 Å². The van der Waals surface area contributed by atoms with Crippen LogP contribution in [0.3, 0.4) is 0 Å². The lowest BCUT2D eigenvalue weighted by molar-refractivity contribution is 0.0935. The van der Waals surface area contributed by atoms with Gasteiger partial charge >= 0.3 is 0 Å². The molecule has 1 unspecified atom stereocenters. The maximum absolute atomic E-state index is 10.6. The molecule has 0 radical (unpaired) electrons. The first-order valence-electron chi connectivity index (χ1n) is 8.99. The van der Waals surface area contributed by atoms with E-state index in [1.165, 1.54) is 0 Å². The van der Waals surface area contributed by atoms with Crippen molar-refractivity contribution in [3.8, 4) is 5.75 Å². The van der Waals surface area contributed by atoms with Gasteiger partial charge < -0.3 is 14.4 Å². The van der Waals surface area contributed by atoms with Crippen molar-refractivity contribution in [1.29, 1.82) is 0 Å². The molecular formula is C22H22N2O2. The Kier molecular flexibility index (Phi) is 4.59. The number of para-hydroxylation sites is 2. The highest BCUT2D eigenvalue weighted by Crippen LogP contribution is 2.25. The number of ether oxygens (including phenoxy) is 1. The fourth-order valence-corrected chi connectivity index (χ4v) is 3.37. The molecule has 0 spiro atoms. The Labute approximate surface area is 152 Å². The lowest BCUT2D eigenvalue weighted by atomic mass is 10.1. The van der Waals surface area contributed by atoms with Crippen molar-refractivity contribution in [3.05, 3.63) is 72.6 Å². The van der Waals surface area contributed by atoms with Gasteiger partial charge in [0.25, 0.3) is 0 Å². The van der Waals surface area contributed by atoms with Crippen molar-refractivity contribution in [3.63, 3.8) is 0 Å². The van der Waals surface area contributed by atoms with Crippen LogP contribution in [0, 0.1) is 0 Å². The average molecular weight is 346 g/mol. The number of fused-ring (bicyclic) bond motifs is 2. The number of hydrogen-bond donors (Lipinski definition) is 1. The fourth-order valence-electron chi connectivity index (χ4n) is 3.37. The van der Waals surface area contributed by atoms with Crippen molar-refractivity contribution < 1.29 is 9.84 Å². The van der Waals surface area contributed by atoms with Crippen molar-refractivity contribution >= 4 is 21.8 Å². The Morgan fingerprint density at radius 2 is 1.77 bits per heavy atom. The van der Waals surface area contributed by atoms with Crippen LogP contribution in [0.15, 0.2) is 66.7 Å². The van der Waals surface area contributed by atoms with E-state index in [-0.39, 0.29) is 6.61 Å². The van der Waals surface area contributed by atoms with Gasteiger partial charge in [-0.15, -0.1) is 0 Å². The predicted molar refractivity (Wildman–Crippen MR) is 105 cm³/mol. The van der Waals surface area contributed by atoms with E-state index in [1.807, 2.05) is 54.6 Å². The minimum atomic E-state index is -0.614. The molecule has 0 fully saturated rings. The molecule has 26 heavy (non-hydrogen) atoms. The predicted octanol–water partition coefficient (Wildman–Crippen LogP) is 4.19. The third-order valence-corrected chi connectivity index (χ3v) is 4.62. The molecule has 0 aliphatic rings. The lowest BCUT2D eigenvalue weighted by Crippen LogP contribution is -2.24. The van der Waals surface area contributed by atoms with Gasteiger partial charge in [0, 0.05) is 11.8 Å². The normalized spacial score (nSPS) is 12.5. The smallest absolute Gasteiger partial charge is 0.127 e. The summed E-state index contributed by atoms with van der Waals surface area (Å²) >= 11 is 0. The highest BCUT2D eigenvalue weighted by atomic mass is 16.5. The molecule has 4 heteroatoms. The first-order chi connectivity index (χ1) is 12.8. The fraction of sp³-hybridized carbons (Fsp3) is 0.227. The SMILES string of the molecule is CCc1nc2ccccc2n1CC(O)COc1cccc2ccccc12. The van der Waals surface area contributed by atoms with Gasteiger partial charge in [-0.1, -0.05) is 55.5 Å². The van der Waals surface area contributed by atoms with E-state index in [1.54, 1.807) is 0 Å². The molecule has 0 aliphatic carbocycles. The number of hydrogen-bond acceptors (Lipinski definition) is 3. The number of aliphatic hydroxyl groups is 1. The molecule has 0 amide bonds. The minimum absolute atomic E-state index is 0.240. The third-order valence-electron chi connectivity index (χ3n) is 4.62. The topological polar surface area (TPSA) is 47.3 Å². The molecule has 0 aliphatic heterocycles. The molecule has 4 aromatic rings. The third kappa shape index (κ3) is 3.16. The summed E-state index contributed by atoms with van der Waals surface area (Å²) in [6.07, 6.45) is 0.211. The molecule has 4 nitrogen and oxygen atoms in total. The number of aliphatic hydroxyl groups excluding tert-OH is 1. The molecule has 3 aromatic carbocycles. The van der Waals surface area contributed by atoms with Gasteiger partial charge in [-0.05, 0) is 23.6 Å². The zero-order valence-electron chi connectivity index (χ0n) is 14.8. The highest BCUT2D eigenvalue weighted by molar-refractivity contribution is 5.88. The Bertz CT molecular complexity index is 1030. The highest BCUT2D eigenvalue weighted by Gasteiger charge is 2.14. The number of imidazole rings is 1. The molecule has 1 atom stereocenters. The first-order valence-corrected chi connectivity index (χ1v) is 8.99. The summed E-state index contributed by atoms with van der Waals surface area (Å²) in [7, 11) is 0. The van der Waals surface area contributed by atoms with Gasteiger partial charge in [0.15, 0.2) is 0 Å². The van der Waals surface area contributed by atoms with E-state index in [4.69, 9.17) is 4.74 Å². The van der Waals surface area contributed by atoms with Crippen molar-refractivity contribution in [1.82, 2.24) is 9.55 Å². The second-order valence-corrected chi connectivity index (χ2v) is 6.42. The van der Waals surface area contributed by atoms with E-state index in [2.05, 4.69) is 28.6 Å². The van der Waals surface area contributed by atoms with E-state index < -0.39 is 6.10 Å². The first kappa shape index (κ1) is 16.6. The molecule has 132 valence electrons. The van der Waals surface area contributed by atoms with Crippen LogP contribution in [-0.2, 0) is 13.0 Å². The Morgan fingerprint density at radius 1 is 1.00 bits per heavy atom. The number of benzene rings is 3. The Balaban J connectivity index is 1.52. The van der Waals surface area contributed by atoms with Crippen LogP contribution in [0.1, 0.15) is 12.7 Å². The molecule has 4 rings (SSSR count). The van der Waals surface area contributed by atoms with Crippen LogP contribution >= 0.6 is 0 Å². The Hall–Kier alpha value is -2.85. The molecule has 0 saturated carbocycles.